The molecule has 0 unspecified atom stereocenters. The van der Waals surface area contributed by atoms with Gasteiger partial charge in [0.05, 0.1) is 5.75 Å². The number of carbonyl (C=O) groups excluding carboxylic acids is 2. The van der Waals surface area contributed by atoms with Gasteiger partial charge in [-0.15, -0.1) is 10.2 Å². The summed E-state index contributed by atoms with van der Waals surface area (Å²) in [6, 6.07) is 7.04. The molecule has 2 aliphatic rings. The number of urea groups is 1. The fraction of sp³-hybridized carbons (Fsp3) is 0.375. The highest BCUT2D eigenvalue weighted by Crippen LogP contribution is 2.35. The van der Waals surface area contributed by atoms with E-state index in [0.29, 0.717) is 11.5 Å². The minimum absolute atomic E-state index is 0.00935. The second-order valence-corrected chi connectivity index (χ2v) is 6.78. The summed E-state index contributed by atoms with van der Waals surface area (Å²) < 4.78 is 16.9. The highest BCUT2D eigenvalue weighted by Gasteiger charge is 2.27. The van der Waals surface area contributed by atoms with Crippen molar-refractivity contribution in [2.45, 2.75) is 30.2 Å². The average Bonchev–Trinajstić information content (AvgIpc) is 3.32. The van der Waals surface area contributed by atoms with Crippen LogP contribution in [-0.4, -0.2) is 40.5 Å². The summed E-state index contributed by atoms with van der Waals surface area (Å²) in [4.78, 5) is 23.2. The van der Waals surface area contributed by atoms with E-state index in [-0.39, 0.29) is 29.5 Å². The Morgan fingerprint density at radius 2 is 2.00 bits per heavy atom. The van der Waals surface area contributed by atoms with Gasteiger partial charge in [-0.3, -0.25) is 10.1 Å². The monoisotopic (exact) mass is 376 g/mol. The van der Waals surface area contributed by atoms with E-state index in [9.17, 15) is 9.59 Å². The van der Waals surface area contributed by atoms with Crippen molar-refractivity contribution in [2.75, 3.05) is 12.4 Å². The van der Waals surface area contributed by atoms with Crippen LogP contribution in [0.2, 0.25) is 0 Å². The maximum Gasteiger partial charge on any atom is 0.321 e. The van der Waals surface area contributed by atoms with E-state index in [1.165, 1.54) is 0 Å². The van der Waals surface area contributed by atoms with Crippen molar-refractivity contribution >= 4 is 23.7 Å². The molecule has 0 saturated heterocycles. The van der Waals surface area contributed by atoms with Gasteiger partial charge in [0, 0.05) is 6.04 Å². The van der Waals surface area contributed by atoms with Gasteiger partial charge in [-0.1, -0.05) is 23.9 Å². The number of hydrogen-bond donors (Lipinski definition) is 2. The first-order valence-corrected chi connectivity index (χ1v) is 9.11. The molecule has 4 rings (SSSR count). The Labute approximate surface area is 152 Å². The van der Waals surface area contributed by atoms with Gasteiger partial charge in [0.25, 0.3) is 11.1 Å². The molecule has 2 heterocycles. The van der Waals surface area contributed by atoms with E-state index in [2.05, 4.69) is 20.8 Å². The number of fused-ring (bicyclic) bond motifs is 1. The first kappa shape index (κ1) is 16.7. The first-order valence-electron chi connectivity index (χ1n) is 8.12. The Hall–Kier alpha value is -2.75. The summed E-state index contributed by atoms with van der Waals surface area (Å²) >= 11 is 1.05. The Morgan fingerprint density at radius 1 is 1.19 bits per heavy atom. The Bertz CT molecular complexity index is 822. The molecule has 1 saturated carbocycles. The minimum Gasteiger partial charge on any atom is -0.485 e. The van der Waals surface area contributed by atoms with Gasteiger partial charge in [0.2, 0.25) is 12.0 Å². The number of benzene rings is 1. The molecule has 2 aromatic rings. The van der Waals surface area contributed by atoms with Gasteiger partial charge in [0.15, 0.2) is 11.5 Å². The lowest BCUT2D eigenvalue weighted by Crippen LogP contribution is -2.41. The summed E-state index contributed by atoms with van der Waals surface area (Å²) in [5.74, 6) is 1.11. The molecule has 1 fully saturated rings. The minimum atomic E-state index is -0.509. The summed E-state index contributed by atoms with van der Waals surface area (Å²) in [6.45, 7) is 0.255. The standard InChI is InChI=1S/C16H16N4O5S/c21-13(18-15(22)17-9-5-6-9)8-26-16-20-19-14(25-16)12-7-23-10-3-1-2-4-11(10)24-12/h1-4,9,12H,5-8H2,(H2,17,18,21,22)/t12-/m1/s1. The molecule has 0 spiro atoms. The zero-order valence-electron chi connectivity index (χ0n) is 13.6. The van der Waals surface area contributed by atoms with Gasteiger partial charge in [0.1, 0.15) is 6.61 Å². The van der Waals surface area contributed by atoms with Crippen LogP contribution in [0.3, 0.4) is 0 Å². The number of nitrogens with zero attached hydrogens (tertiary/aromatic N) is 2. The second kappa shape index (κ2) is 7.24. The van der Waals surface area contributed by atoms with Crippen LogP contribution >= 0.6 is 11.8 Å². The third-order valence-corrected chi connectivity index (χ3v) is 4.52. The lowest BCUT2D eigenvalue weighted by Gasteiger charge is -2.23. The molecule has 1 aliphatic carbocycles. The van der Waals surface area contributed by atoms with Crippen LogP contribution in [0, 0.1) is 0 Å². The molecule has 10 heteroatoms. The normalized spacial score (nSPS) is 18.2. The Morgan fingerprint density at radius 3 is 2.81 bits per heavy atom. The molecule has 0 bridgehead atoms. The Kier molecular flexibility index (Phi) is 4.65. The van der Waals surface area contributed by atoms with Crippen LogP contribution in [0.25, 0.3) is 0 Å². The molecular weight excluding hydrogens is 360 g/mol. The molecule has 2 N–H and O–H groups in total. The molecule has 1 aliphatic heterocycles. The summed E-state index contributed by atoms with van der Waals surface area (Å²) in [5, 5.41) is 13.0. The highest BCUT2D eigenvalue weighted by molar-refractivity contribution is 7.99. The van der Waals surface area contributed by atoms with E-state index < -0.39 is 18.0 Å². The van der Waals surface area contributed by atoms with Gasteiger partial charge < -0.3 is 19.2 Å². The maximum absolute atomic E-state index is 11.7. The molecule has 0 radical (unpaired) electrons. The third-order valence-electron chi connectivity index (χ3n) is 3.70. The predicted octanol–water partition coefficient (Wildman–Crippen LogP) is 1.66. The number of carbonyl (C=O) groups is 2. The van der Waals surface area contributed by atoms with E-state index in [1.54, 1.807) is 6.07 Å². The van der Waals surface area contributed by atoms with Crippen molar-refractivity contribution in [2.24, 2.45) is 0 Å². The molecule has 1 aromatic carbocycles. The van der Waals surface area contributed by atoms with Crippen LogP contribution in [-0.2, 0) is 4.79 Å². The number of imide groups is 1. The zero-order valence-corrected chi connectivity index (χ0v) is 14.5. The lowest BCUT2D eigenvalue weighted by atomic mass is 10.2. The third kappa shape index (κ3) is 4.07. The van der Waals surface area contributed by atoms with Crippen LogP contribution in [0.5, 0.6) is 11.5 Å². The van der Waals surface area contributed by atoms with Crippen molar-refractivity contribution in [1.82, 2.24) is 20.8 Å². The quantitative estimate of drug-likeness (QED) is 0.757. The highest BCUT2D eigenvalue weighted by atomic mass is 32.2. The molecule has 9 nitrogen and oxygen atoms in total. The van der Waals surface area contributed by atoms with Crippen molar-refractivity contribution in [3.05, 3.63) is 30.2 Å². The summed E-state index contributed by atoms with van der Waals surface area (Å²) in [6.07, 6.45) is 1.40. The number of hydrogen-bond acceptors (Lipinski definition) is 8. The van der Waals surface area contributed by atoms with Gasteiger partial charge in [-0.2, -0.15) is 0 Å². The van der Waals surface area contributed by atoms with Gasteiger partial charge in [-0.05, 0) is 25.0 Å². The van der Waals surface area contributed by atoms with Gasteiger partial charge >= 0.3 is 6.03 Å². The molecule has 26 heavy (non-hydrogen) atoms. The van der Waals surface area contributed by atoms with Crippen LogP contribution in [0.15, 0.2) is 33.9 Å². The number of rotatable bonds is 5. The second-order valence-electron chi connectivity index (χ2n) is 5.86. The molecule has 136 valence electrons. The number of ether oxygens (including phenoxy) is 2. The van der Waals surface area contributed by atoms with E-state index >= 15 is 0 Å². The molecule has 1 atom stereocenters. The van der Waals surface area contributed by atoms with E-state index in [1.807, 2.05) is 18.2 Å². The topological polar surface area (TPSA) is 116 Å². The summed E-state index contributed by atoms with van der Waals surface area (Å²) in [7, 11) is 0. The largest absolute Gasteiger partial charge is 0.485 e. The van der Waals surface area contributed by atoms with Crippen LogP contribution in [0.4, 0.5) is 4.79 Å². The first-order chi connectivity index (χ1) is 12.7. The Balaban J connectivity index is 1.28. The number of aromatic nitrogens is 2. The van der Waals surface area contributed by atoms with E-state index in [0.717, 1.165) is 24.6 Å². The molecule has 1 aromatic heterocycles. The van der Waals surface area contributed by atoms with Crippen LogP contribution < -0.4 is 20.1 Å². The van der Waals surface area contributed by atoms with Crippen LogP contribution in [0.1, 0.15) is 24.8 Å². The van der Waals surface area contributed by atoms with Crippen molar-refractivity contribution in [1.29, 1.82) is 0 Å². The fourth-order valence-corrected chi connectivity index (χ4v) is 2.86. The molecular formula is C16H16N4O5S. The summed E-state index contributed by atoms with van der Waals surface area (Å²) in [5.41, 5.74) is 0. The number of amides is 3. The average molecular weight is 376 g/mol. The SMILES string of the molecule is O=C(CSc1nnc([C@H]2COc3ccccc3O2)o1)NC(=O)NC1CC1. The number of nitrogens with one attached hydrogen (secondary N) is 2. The maximum atomic E-state index is 11.7. The van der Waals surface area contributed by atoms with Crippen molar-refractivity contribution in [3.8, 4) is 11.5 Å². The smallest absolute Gasteiger partial charge is 0.321 e. The van der Waals surface area contributed by atoms with Crippen molar-refractivity contribution in [3.63, 3.8) is 0 Å². The van der Waals surface area contributed by atoms with E-state index in [4.69, 9.17) is 13.9 Å². The zero-order chi connectivity index (χ0) is 17.9. The van der Waals surface area contributed by atoms with Crippen molar-refractivity contribution < 1.29 is 23.5 Å². The fourth-order valence-electron chi connectivity index (χ4n) is 2.29. The van der Waals surface area contributed by atoms with Gasteiger partial charge in [-0.25, -0.2) is 4.79 Å². The predicted molar refractivity (Wildman–Crippen MR) is 90.0 cm³/mol. The number of thioether (sulfide) groups is 1. The number of para-hydroxylation sites is 2. The lowest BCUT2D eigenvalue weighted by molar-refractivity contribution is -0.117. The molecule has 3 amide bonds.